The van der Waals surface area contributed by atoms with Crippen LogP contribution in [0.25, 0.3) is 16.9 Å². The number of nitrogens with one attached hydrogen (secondary N) is 1. The van der Waals surface area contributed by atoms with E-state index in [1.807, 2.05) is 13.2 Å². The zero-order chi connectivity index (χ0) is 19.0. The van der Waals surface area contributed by atoms with Crippen molar-refractivity contribution >= 4 is 29.1 Å². The van der Waals surface area contributed by atoms with Crippen LogP contribution in [0.5, 0.6) is 5.75 Å². The Morgan fingerprint density at radius 1 is 1.26 bits per heavy atom. The number of nitrogens with two attached hydrogens (primary N) is 1. The van der Waals surface area contributed by atoms with E-state index in [4.69, 9.17) is 10.5 Å². The fraction of sp³-hybridized carbons (Fsp3) is 0.118. The third kappa shape index (κ3) is 3.14. The van der Waals surface area contributed by atoms with Crippen LogP contribution in [-0.2, 0) is 7.05 Å². The molecule has 138 valence electrons. The van der Waals surface area contributed by atoms with Gasteiger partial charge in [0.25, 0.3) is 0 Å². The highest BCUT2D eigenvalue weighted by Crippen LogP contribution is 2.36. The van der Waals surface area contributed by atoms with Gasteiger partial charge in [0.2, 0.25) is 0 Å². The van der Waals surface area contributed by atoms with Gasteiger partial charge in [0, 0.05) is 31.2 Å². The molecule has 0 radical (unpaired) electrons. The zero-order valence-electron chi connectivity index (χ0n) is 14.5. The predicted octanol–water partition coefficient (Wildman–Crippen LogP) is 2.98. The van der Waals surface area contributed by atoms with E-state index in [1.165, 1.54) is 25.1 Å². The van der Waals surface area contributed by atoms with E-state index in [2.05, 4.69) is 19.8 Å². The molecule has 0 fully saturated rings. The summed E-state index contributed by atoms with van der Waals surface area (Å²) in [7, 11) is 3.26. The van der Waals surface area contributed by atoms with Crippen molar-refractivity contribution in [2.45, 2.75) is 4.90 Å². The number of aromatic nitrogens is 5. The highest BCUT2D eigenvalue weighted by atomic mass is 32.2. The second-order valence-corrected chi connectivity index (χ2v) is 6.62. The molecule has 27 heavy (non-hydrogen) atoms. The lowest BCUT2D eigenvalue weighted by Crippen LogP contribution is -1.99. The van der Waals surface area contributed by atoms with Gasteiger partial charge in [-0.05, 0) is 24.1 Å². The van der Waals surface area contributed by atoms with Gasteiger partial charge in [0.15, 0.2) is 23.0 Å². The minimum atomic E-state index is -0.485. The van der Waals surface area contributed by atoms with E-state index in [-0.39, 0.29) is 5.75 Å². The summed E-state index contributed by atoms with van der Waals surface area (Å²) in [4.78, 5) is 9.18. The first-order valence-corrected chi connectivity index (χ1v) is 8.75. The topological polar surface area (TPSA) is 95.3 Å². The lowest BCUT2D eigenvalue weighted by molar-refractivity contribution is 0.389. The average Bonchev–Trinajstić information content (AvgIpc) is 3.26. The van der Waals surface area contributed by atoms with Crippen molar-refractivity contribution in [3.8, 4) is 17.0 Å². The SMILES string of the molecule is COc1c(F)cc(-c2cnc3c(N)nccn23)cc1NSc1cnn(C)c1. The van der Waals surface area contributed by atoms with E-state index in [0.29, 0.717) is 28.4 Å². The maximum absolute atomic E-state index is 14.7. The molecule has 4 aromatic rings. The van der Waals surface area contributed by atoms with Gasteiger partial charge in [-0.15, -0.1) is 0 Å². The molecule has 0 atom stereocenters. The van der Waals surface area contributed by atoms with Crippen LogP contribution in [-0.4, -0.2) is 31.3 Å². The molecule has 3 aromatic heterocycles. The number of anilines is 2. The standard InChI is InChI=1S/C17H16FN7OS/c1-24-9-11(7-22-24)27-23-13-6-10(5-12(18)15(13)26-2)14-8-21-17-16(19)20-3-4-25(14)17/h3-9,23H,1-2H3,(H2,19,20). The first-order valence-electron chi connectivity index (χ1n) is 7.93. The van der Waals surface area contributed by atoms with Gasteiger partial charge in [-0.1, -0.05) is 0 Å². The van der Waals surface area contributed by atoms with Crippen molar-refractivity contribution in [3.63, 3.8) is 0 Å². The third-order valence-corrected chi connectivity index (χ3v) is 4.73. The van der Waals surface area contributed by atoms with Crippen LogP contribution < -0.4 is 15.2 Å². The lowest BCUT2D eigenvalue weighted by Gasteiger charge is -2.13. The fourth-order valence-corrected chi connectivity index (χ4v) is 3.43. The first-order chi connectivity index (χ1) is 13.1. The van der Waals surface area contributed by atoms with Crippen LogP contribution in [0.1, 0.15) is 0 Å². The number of ether oxygens (including phenoxy) is 1. The van der Waals surface area contributed by atoms with Gasteiger partial charge in [-0.2, -0.15) is 5.10 Å². The molecule has 0 saturated heterocycles. The number of rotatable bonds is 5. The Bertz CT molecular complexity index is 1120. The number of nitrogen functional groups attached to an aromatic ring is 1. The van der Waals surface area contributed by atoms with Crippen LogP contribution >= 0.6 is 11.9 Å². The predicted molar refractivity (Wildman–Crippen MR) is 102 cm³/mol. The Kier molecular flexibility index (Phi) is 4.32. The molecule has 3 heterocycles. The van der Waals surface area contributed by atoms with Crippen molar-refractivity contribution in [1.29, 1.82) is 0 Å². The van der Waals surface area contributed by atoms with E-state index < -0.39 is 5.82 Å². The van der Waals surface area contributed by atoms with Crippen molar-refractivity contribution < 1.29 is 9.13 Å². The average molecular weight is 385 g/mol. The Morgan fingerprint density at radius 2 is 2.11 bits per heavy atom. The molecule has 10 heteroatoms. The molecule has 3 N–H and O–H groups in total. The summed E-state index contributed by atoms with van der Waals surface area (Å²) in [5, 5.41) is 4.11. The van der Waals surface area contributed by atoms with Crippen LogP contribution in [0.2, 0.25) is 0 Å². The van der Waals surface area contributed by atoms with Gasteiger partial charge >= 0.3 is 0 Å². The van der Waals surface area contributed by atoms with E-state index in [1.54, 1.807) is 39.9 Å². The molecule has 0 unspecified atom stereocenters. The Balaban J connectivity index is 1.75. The quantitative estimate of drug-likeness (QED) is 0.510. The highest BCUT2D eigenvalue weighted by Gasteiger charge is 2.16. The van der Waals surface area contributed by atoms with Gasteiger partial charge < -0.3 is 15.2 Å². The van der Waals surface area contributed by atoms with Gasteiger partial charge in [0.1, 0.15) is 0 Å². The van der Waals surface area contributed by atoms with E-state index in [0.717, 1.165) is 4.90 Å². The number of imidazole rings is 1. The summed E-state index contributed by atoms with van der Waals surface area (Å²) in [5.74, 6) is -0.0466. The summed E-state index contributed by atoms with van der Waals surface area (Å²) in [6.07, 6.45) is 8.50. The molecule has 0 aliphatic rings. The number of nitrogens with zero attached hydrogens (tertiary/aromatic N) is 5. The summed E-state index contributed by atoms with van der Waals surface area (Å²) < 4.78 is 26.5. The smallest absolute Gasteiger partial charge is 0.180 e. The number of aryl methyl sites for hydroxylation is 1. The monoisotopic (exact) mass is 385 g/mol. The molecule has 1 aromatic carbocycles. The highest BCUT2D eigenvalue weighted by molar-refractivity contribution is 8.00. The minimum absolute atomic E-state index is 0.130. The maximum Gasteiger partial charge on any atom is 0.180 e. The molecule has 0 saturated carbocycles. The maximum atomic E-state index is 14.7. The van der Waals surface area contributed by atoms with Crippen LogP contribution in [0.4, 0.5) is 15.9 Å². The normalized spacial score (nSPS) is 11.1. The minimum Gasteiger partial charge on any atom is -0.492 e. The molecule has 0 amide bonds. The van der Waals surface area contributed by atoms with Crippen LogP contribution in [0, 0.1) is 5.82 Å². The summed E-state index contributed by atoms with van der Waals surface area (Å²) in [6.45, 7) is 0. The fourth-order valence-electron chi connectivity index (χ4n) is 2.74. The molecular formula is C17H16FN7OS. The molecule has 4 rings (SSSR count). The molecule has 0 aliphatic heterocycles. The third-order valence-electron chi connectivity index (χ3n) is 3.96. The van der Waals surface area contributed by atoms with Crippen LogP contribution in [0.15, 0.2) is 48.0 Å². The number of methoxy groups -OCH3 is 1. The van der Waals surface area contributed by atoms with Crippen molar-refractivity contribution in [1.82, 2.24) is 24.1 Å². The Hall–Kier alpha value is -3.27. The molecule has 0 bridgehead atoms. The van der Waals surface area contributed by atoms with Gasteiger partial charge in [0.05, 0.1) is 35.8 Å². The molecular weight excluding hydrogens is 369 g/mol. The van der Waals surface area contributed by atoms with E-state index in [9.17, 15) is 4.39 Å². The summed E-state index contributed by atoms with van der Waals surface area (Å²) in [5.41, 5.74) is 8.19. The van der Waals surface area contributed by atoms with Crippen molar-refractivity contribution in [3.05, 3.63) is 48.9 Å². The first kappa shape index (κ1) is 17.2. The number of hydrogen-bond acceptors (Lipinski definition) is 7. The Morgan fingerprint density at radius 3 is 2.85 bits per heavy atom. The largest absolute Gasteiger partial charge is 0.492 e. The Labute approximate surface area is 158 Å². The second-order valence-electron chi connectivity index (χ2n) is 5.74. The summed E-state index contributed by atoms with van der Waals surface area (Å²) >= 11 is 1.31. The molecule has 0 aliphatic carbocycles. The summed E-state index contributed by atoms with van der Waals surface area (Å²) in [6, 6.07) is 3.20. The van der Waals surface area contributed by atoms with Crippen molar-refractivity contribution in [2.75, 3.05) is 17.6 Å². The zero-order valence-corrected chi connectivity index (χ0v) is 15.4. The van der Waals surface area contributed by atoms with Gasteiger partial charge in [-0.25, -0.2) is 14.4 Å². The molecule has 0 spiro atoms. The number of halogens is 1. The van der Waals surface area contributed by atoms with E-state index >= 15 is 0 Å². The second kappa shape index (κ2) is 6.80. The number of hydrogen-bond donors (Lipinski definition) is 2. The lowest BCUT2D eigenvalue weighted by atomic mass is 10.1. The number of benzene rings is 1. The van der Waals surface area contributed by atoms with Gasteiger partial charge in [-0.3, -0.25) is 9.08 Å². The number of fused-ring (bicyclic) bond motifs is 1. The van der Waals surface area contributed by atoms with Crippen LogP contribution in [0.3, 0.4) is 0 Å². The molecule has 8 nitrogen and oxygen atoms in total. The van der Waals surface area contributed by atoms with Crippen molar-refractivity contribution in [2.24, 2.45) is 7.05 Å².